The lowest BCUT2D eigenvalue weighted by Crippen LogP contribution is -2.35. The van der Waals surface area contributed by atoms with E-state index in [-0.39, 0.29) is 12.5 Å². The van der Waals surface area contributed by atoms with Crippen molar-refractivity contribution in [1.82, 2.24) is 5.32 Å². The summed E-state index contributed by atoms with van der Waals surface area (Å²) in [5.74, 6) is -0.0159. The van der Waals surface area contributed by atoms with Gasteiger partial charge in [0.15, 0.2) is 0 Å². The van der Waals surface area contributed by atoms with E-state index >= 15 is 0 Å². The van der Waals surface area contributed by atoms with E-state index in [1.165, 1.54) is 0 Å². The molecule has 0 unspecified atom stereocenters. The van der Waals surface area contributed by atoms with E-state index in [9.17, 15) is 4.79 Å². The number of anilines is 1. The van der Waals surface area contributed by atoms with Gasteiger partial charge in [0.25, 0.3) is 0 Å². The fourth-order valence-electron chi connectivity index (χ4n) is 1.49. The fraction of sp³-hybridized carbons (Fsp3) is 0.385. The van der Waals surface area contributed by atoms with Gasteiger partial charge in [-0.2, -0.15) is 5.26 Å². The number of nitriles is 1. The molecule has 0 fully saturated rings. The molecule has 0 saturated heterocycles. The molecule has 96 valence electrons. The van der Waals surface area contributed by atoms with E-state index in [0.717, 1.165) is 16.6 Å². The van der Waals surface area contributed by atoms with Gasteiger partial charge in [0.05, 0.1) is 18.2 Å². The molecule has 0 bridgehead atoms. The van der Waals surface area contributed by atoms with Crippen LogP contribution in [0.5, 0.6) is 0 Å². The fourth-order valence-corrected chi connectivity index (χ4v) is 1.97. The number of hydrogen-bond donors (Lipinski definition) is 1. The third-order valence-corrected chi connectivity index (χ3v) is 2.86. The summed E-state index contributed by atoms with van der Waals surface area (Å²) in [6.45, 7) is 2.98. The van der Waals surface area contributed by atoms with E-state index in [1.807, 2.05) is 24.9 Å². The molecular formula is C13H16BrN3O. The number of carbonyl (C=O) groups excluding carboxylic acids is 1. The van der Waals surface area contributed by atoms with Gasteiger partial charge in [0, 0.05) is 23.8 Å². The first-order chi connectivity index (χ1) is 8.56. The van der Waals surface area contributed by atoms with E-state index in [4.69, 9.17) is 5.26 Å². The molecule has 0 saturated carbocycles. The second-order valence-electron chi connectivity index (χ2n) is 4.02. The molecule has 4 nitrogen and oxygen atoms in total. The van der Waals surface area contributed by atoms with Crippen molar-refractivity contribution < 1.29 is 4.79 Å². The minimum absolute atomic E-state index is 0.0159. The third kappa shape index (κ3) is 4.38. The second kappa shape index (κ2) is 7.02. The summed E-state index contributed by atoms with van der Waals surface area (Å²) >= 11 is 3.35. The molecule has 0 spiro atoms. The van der Waals surface area contributed by atoms with Crippen molar-refractivity contribution in [2.24, 2.45) is 0 Å². The van der Waals surface area contributed by atoms with Gasteiger partial charge < -0.3 is 10.2 Å². The molecule has 0 aliphatic rings. The number of rotatable bonds is 5. The Morgan fingerprint density at radius 2 is 2.22 bits per heavy atom. The molecular weight excluding hydrogens is 294 g/mol. The van der Waals surface area contributed by atoms with Crippen molar-refractivity contribution in [3.63, 3.8) is 0 Å². The number of nitrogens with zero attached hydrogens (tertiary/aromatic N) is 2. The topological polar surface area (TPSA) is 56.1 Å². The van der Waals surface area contributed by atoms with Crippen LogP contribution in [-0.2, 0) is 4.79 Å². The van der Waals surface area contributed by atoms with Gasteiger partial charge in [-0.05, 0) is 24.6 Å². The second-order valence-corrected chi connectivity index (χ2v) is 4.93. The van der Waals surface area contributed by atoms with E-state index in [0.29, 0.717) is 12.1 Å². The highest BCUT2D eigenvalue weighted by atomic mass is 79.9. The molecule has 1 amide bonds. The number of carbonyl (C=O) groups is 1. The Labute approximate surface area is 116 Å². The van der Waals surface area contributed by atoms with Crippen LogP contribution in [0.25, 0.3) is 0 Å². The smallest absolute Gasteiger partial charge is 0.239 e. The summed E-state index contributed by atoms with van der Waals surface area (Å²) in [6.07, 6.45) is 0.922. The number of likely N-dealkylation sites (N-methyl/N-ethyl adjacent to an activating group) is 1. The lowest BCUT2D eigenvalue weighted by molar-refractivity contribution is -0.119. The largest absolute Gasteiger partial charge is 0.365 e. The summed E-state index contributed by atoms with van der Waals surface area (Å²) < 4.78 is 0.831. The Morgan fingerprint density at radius 1 is 1.50 bits per heavy atom. The normalized spacial score (nSPS) is 9.67. The summed E-state index contributed by atoms with van der Waals surface area (Å²) in [5.41, 5.74) is 1.41. The lowest BCUT2D eigenvalue weighted by atomic mass is 10.2. The average Bonchev–Trinajstić information content (AvgIpc) is 2.35. The SMILES string of the molecule is CCCNC(=O)CN(C)c1cc(Br)cc(C#N)c1. The first kappa shape index (κ1) is 14.5. The summed E-state index contributed by atoms with van der Waals surface area (Å²) in [6, 6.07) is 7.48. The highest BCUT2D eigenvalue weighted by Gasteiger charge is 2.08. The maximum absolute atomic E-state index is 11.6. The van der Waals surface area contributed by atoms with E-state index in [1.54, 1.807) is 12.1 Å². The highest BCUT2D eigenvalue weighted by molar-refractivity contribution is 9.10. The summed E-state index contributed by atoms with van der Waals surface area (Å²) in [5, 5.41) is 11.7. The molecule has 18 heavy (non-hydrogen) atoms. The zero-order valence-electron chi connectivity index (χ0n) is 10.5. The van der Waals surface area contributed by atoms with Crippen LogP contribution in [0.2, 0.25) is 0 Å². The van der Waals surface area contributed by atoms with Crippen LogP contribution in [0.1, 0.15) is 18.9 Å². The molecule has 0 radical (unpaired) electrons. The first-order valence-electron chi connectivity index (χ1n) is 5.75. The predicted octanol–water partition coefficient (Wildman–Crippen LogP) is 2.28. The quantitative estimate of drug-likeness (QED) is 0.908. The van der Waals surface area contributed by atoms with Crippen molar-refractivity contribution in [2.45, 2.75) is 13.3 Å². The van der Waals surface area contributed by atoms with Crippen LogP contribution in [0.15, 0.2) is 22.7 Å². The van der Waals surface area contributed by atoms with Crippen molar-refractivity contribution in [1.29, 1.82) is 5.26 Å². The van der Waals surface area contributed by atoms with Crippen LogP contribution in [0.4, 0.5) is 5.69 Å². The molecule has 0 atom stereocenters. The van der Waals surface area contributed by atoms with Crippen molar-refractivity contribution in [3.8, 4) is 6.07 Å². The molecule has 1 rings (SSSR count). The zero-order valence-corrected chi connectivity index (χ0v) is 12.1. The maximum Gasteiger partial charge on any atom is 0.239 e. The standard InChI is InChI=1S/C13H16BrN3O/c1-3-4-16-13(18)9-17(2)12-6-10(8-15)5-11(14)7-12/h5-7H,3-4,9H2,1-2H3,(H,16,18). The van der Waals surface area contributed by atoms with Crippen LogP contribution >= 0.6 is 15.9 Å². The molecule has 0 aliphatic heterocycles. The van der Waals surface area contributed by atoms with Crippen molar-refractivity contribution in [2.75, 3.05) is 25.0 Å². The Bertz CT molecular complexity index is 468. The number of halogens is 1. The van der Waals surface area contributed by atoms with Crippen LogP contribution in [0.3, 0.4) is 0 Å². The Kier molecular flexibility index (Phi) is 5.66. The third-order valence-electron chi connectivity index (χ3n) is 2.41. The van der Waals surface area contributed by atoms with Gasteiger partial charge in [-0.1, -0.05) is 22.9 Å². The molecule has 1 aromatic carbocycles. The predicted molar refractivity (Wildman–Crippen MR) is 75.4 cm³/mol. The highest BCUT2D eigenvalue weighted by Crippen LogP contribution is 2.21. The molecule has 1 aromatic rings. The van der Waals surface area contributed by atoms with Gasteiger partial charge >= 0.3 is 0 Å². The van der Waals surface area contributed by atoms with Gasteiger partial charge in [0.2, 0.25) is 5.91 Å². The number of benzene rings is 1. The first-order valence-corrected chi connectivity index (χ1v) is 6.54. The molecule has 0 heterocycles. The van der Waals surface area contributed by atoms with E-state index < -0.39 is 0 Å². The number of nitrogens with one attached hydrogen (secondary N) is 1. The molecule has 0 aromatic heterocycles. The lowest BCUT2D eigenvalue weighted by Gasteiger charge is -2.19. The van der Waals surface area contributed by atoms with Crippen LogP contribution < -0.4 is 10.2 Å². The van der Waals surface area contributed by atoms with Gasteiger partial charge in [-0.15, -0.1) is 0 Å². The van der Waals surface area contributed by atoms with Crippen LogP contribution in [-0.4, -0.2) is 26.0 Å². The van der Waals surface area contributed by atoms with Gasteiger partial charge in [0.1, 0.15) is 0 Å². The Balaban J connectivity index is 2.72. The number of hydrogen-bond acceptors (Lipinski definition) is 3. The van der Waals surface area contributed by atoms with E-state index in [2.05, 4.69) is 27.3 Å². The molecule has 1 N–H and O–H groups in total. The Morgan fingerprint density at radius 3 is 2.83 bits per heavy atom. The van der Waals surface area contributed by atoms with Gasteiger partial charge in [-0.25, -0.2) is 0 Å². The molecule has 0 aliphatic carbocycles. The minimum Gasteiger partial charge on any atom is -0.365 e. The van der Waals surface area contributed by atoms with Crippen LogP contribution in [0, 0.1) is 11.3 Å². The maximum atomic E-state index is 11.6. The Hall–Kier alpha value is -1.54. The monoisotopic (exact) mass is 309 g/mol. The van der Waals surface area contributed by atoms with Gasteiger partial charge in [-0.3, -0.25) is 4.79 Å². The minimum atomic E-state index is -0.0159. The number of amides is 1. The van der Waals surface area contributed by atoms with Crippen molar-refractivity contribution in [3.05, 3.63) is 28.2 Å². The zero-order chi connectivity index (χ0) is 13.5. The summed E-state index contributed by atoms with van der Waals surface area (Å²) in [4.78, 5) is 13.4. The summed E-state index contributed by atoms with van der Waals surface area (Å²) in [7, 11) is 1.83. The molecule has 5 heteroatoms. The van der Waals surface area contributed by atoms with Crippen molar-refractivity contribution >= 4 is 27.5 Å². The average molecular weight is 310 g/mol.